The highest BCUT2D eigenvalue weighted by Gasteiger charge is 2.31. The number of rotatable bonds is 8. The first-order chi connectivity index (χ1) is 33.3. The molecule has 4 aliphatic rings. The van der Waals surface area contributed by atoms with Gasteiger partial charge in [-0.1, -0.05) is 190 Å². The summed E-state index contributed by atoms with van der Waals surface area (Å²) in [6, 6.07) is 54.7. The molecule has 68 heavy (non-hydrogen) atoms. The van der Waals surface area contributed by atoms with Crippen LogP contribution in [0.2, 0.25) is 0 Å². The van der Waals surface area contributed by atoms with Crippen LogP contribution in [0.5, 0.6) is 0 Å². The zero-order chi connectivity index (χ0) is 45.8. The van der Waals surface area contributed by atoms with Crippen molar-refractivity contribution in [3.8, 4) is 22.3 Å². The number of allylic oxidation sites excluding steroid dienone is 10. The minimum Gasteiger partial charge on any atom is -0.333 e. The SMILES string of the molecule is CC1C=CC(C2(C)C=CC(C3=NC(c4ccc(-c5ccccc5)cc4)N(C)C(c4ccc(C5=CC(c6nc7ccc(-c8ccccc8)cc7c7c6sc6ccccc67)=CCC5)cc4)=N3)=CC2)=CC1. The lowest BCUT2D eigenvalue weighted by atomic mass is 9.73. The molecule has 8 aromatic rings. The van der Waals surface area contributed by atoms with Gasteiger partial charge in [-0.2, -0.15) is 0 Å². The second-order valence-corrected chi connectivity index (χ2v) is 20.1. The number of benzene rings is 6. The first kappa shape index (κ1) is 41.9. The van der Waals surface area contributed by atoms with Crippen LogP contribution in [0.4, 0.5) is 0 Å². The molecule has 5 heteroatoms. The summed E-state index contributed by atoms with van der Waals surface area (Å²) >= 11 is 1.85. The Balaban J connectivity index is 0.879. The van der Waals surface area contributed by atoms with Gasteiger partial charge in [0.05, 0.1) is 15.9 Å². The van der Waals surface area contributed by atoms with E-state index in [0.717, 1.165) is 65.3 Å². The summed E-state index contributed by atoms with van der Waals surface area (Å²) in [4.78, 5) is 18.4. The smallest absolute Gasteiger partial charge is 0.159 e. The number of fused-ring (bicyclic) bond motifs is 5. The van der Waals surface area contributed by atoms with Crippen LogP contribution in [0.15, 0.2) is 221 Å². The van der Waals surface area contributed by atoms with E-state index in [1.807, 2.05) is 11.3 Å². The molecule has 3 aliphatic carbocycles. The van der Waals surface area contributed by atoms with E-state index < -0.39 is 0 Å². The highest BCUT2D eigenvalue weighted by molar-refractivity contribution is 7.26. The Kier molecular flexibility index (Phi) is 10.7. The molecule has 330 valence electrons. The monoisotopic (exact) mass is 896 g/mol. The van der Waals surface area contributed by atoms with Crippen molar-refractivity contribution in [3.05, 3.63) is 234 Å². The van der Waals surface area contributed by atoms with Crippen molar-refractivity contribution in [2.24, 2.45) is 21.3 Å². The van der Waals surface area contributed by atoms with E-state index in [1.54, 1.807) is 0 Å². The average molecular weight is 897 g/mol. The largest absolute Gasteiger partial charge is 0.333 e. The highest BCUT2D eigenvalue weighted by Crippen LogP contribution is 2.45. The van der Waals surface area contributed by atoms with Gasteiger partial charge in [-0.3, -0.25) is 0 Å². The summed E-state index contributed by atoms with van der Waals surface area (Å²) in [5, 5.41) is 3.78. The molecule has 6 aromatic carbocycles. The number of thiophene rings is 1. The Bertz CT molecular complexity index is 3530. The van der Waals surface area contributed by atoms with Crippen LogP contribution in [0, 0.1) is 11.3 Å². The van der Waals surface area contributed by atoms with Crippen molar-refractivity contribution < 1.29 is 0 Å². The maximum atomic E-state index is 5.45. The van der Waals surface area contributed by atoms with Gasteiger partial charge in [0, 0.05) is 44.5 Å². The molecule has 12 rings (SSSR count). The molecular weight excluding hydrogens is 845 g/mol. The molecule has 3 atom stereocenters. The lowest BCUT2D eigenvalue weighted by molar-refractivity contribution is 0.383. The third-order valence-corrected chi connectivity index (χ3v) is 15.6. The van der Waals surface area contributed by atoms with Crippen LogP contribution in [0.3, 0.4) is 0 Å². The van der Waals surface area contributed by atoms with Gasteiger partial charge in [-0.05, 0) is 106 Å². The topological polar surface area (TPSA) is 40.9 Å². The minimum atomic E-state index is -0.242. The van der Waals surface area contributed by atoms with E-state index in [4.69, 9.17) is 15.0 Å². The number of hydrogen-bond acceptors (Lipinski definition) is 5. The van der Waals surface area contributed by atoms with Gasteiger partial charge in [0.15, 0.2) is 5.84 Å². The molecule has 0 saturated carbocycles. The molecule has 0 saturated heterocycles. The lowest BCUT2D eigenvalue weighted by Crippen LogP contribution is -2.36. The van der Waals surface area contributed by atoms with Crippen LogP contribution < -0.4 is 0 Å². The number of aromatic nitrogens is 1. The quantitative estimate of drug-likeness (QED) is 0.152. The number of amidine groups is 2. The molecule has 0 bridgehead atoms. The lowest BCUT2D eigenvalue weighted by Gasteiger charge is -2.34. The Morgan fingerprint density at radius 1 is 0.662 bits per heavy atom. The summed E-state index contributed by atoms with van der Waals surface area (Å²) in [6.45, 7) is 4.63. The maximum absolute atomic E-state index is 5.45. The Morgan fingerprint density at radius 3 is 2.09 bits per heavy atom. The van der Waals surface area contributed by atoms with Gasteiger partial charge in [0.1, 0.15) is 12.0 Å². The van der Waals surface area contributed by atoms with Gasteiger partial charge in [-0.15, -0.1) is 11.3 Å². The third kappa shape index (κ3) is 7.71. The second kappa shape index (κ2) is 17.3. The normalized spacial score (nSPS) is 20.5. The number of aliphatic imine (C=N–C) groups is 2. The van der Waals surface area contributed by atoms with E-state index in [0.29, 0.717) is 5.92 Å². The minimum absolute atomic E-state index is 0.0507. The van der Waals surface area contributed by atoms with Crippen molar-refractivity contribution in [1.82, 2.24) is 9.88 Å². The zero-order valence-corrected chi connectivity index (χ0v) is 39.5. The van der Waals surface area contributed by atoms with Gasteiger partial charge >= 0.3 is 0 Å². The van der Waals surface area contributed by atoms with Gasteiger partial charge in [0.25, 0.3) is 0 Å². The molecule has 3 unspecified atom stereocenters. The summed E-state index contributed by atoms with van der Waals surface area (Å²) in [5.74, 6) is 2.27. The molecule has 4 nitrogen and oxygen atoms in total. The van der Waals surface area contributed by atoms with Crippen molar-refractivity contribution in [2.75, 3.05) is 7.05 Å². The average Bonchev–Trinajstić information content (AvgIpc) is 3.80. The third-order valence-electron chi connectivity index (χ3n) is 14.4. The number of nitrogens with zero attached hydrogens (tertiary/aromatic N) is 4. The predicted octanol–water partition coefficient (Wildman–Crippen LogP) is 16.4. The second-order valence-electron chi connectivity index (χ2n) is 19.0. The van der Waals surface area contributed by atoms with E-state index >= 15 is 0 Å². The van der Waals surface area contributed by atoms with Gasteiger partial charge in [-0.25, -0.2) is 15.0 Å². The first-order valence-corrected chi connectivity index (χ1v) is 24.8. The van der Waals surface area contributed by atoms with Gasteiger partial charge < -0.3 is 4.90 Å². The Labute approximate surface area is 403 Å². The Hall–Kier alpha value is -7.47. The number of pyridine rings is 1. The zero-order valence-electron chi connectivity index (χ0n) is 38.7. The van der Waals surface area contributed by atoms with Gasteiger partial charge in [0.2, 0.25) is 0 Å². The molecule has 2 aromatic heterocycles. The maximum Gasteiger partial charge on any atom is 0.159 e. The summed E-state index contributed by atoms with van der Waals surface area (Å²) < 4.78 is 2.53. The fourth-order valence-electron chi connectivity index (χ4n) is 10.4. The van der Waals surface area contributed by atoms with E-state index in [1.165, 1.54) is 70.1 Å². The molecule has 0 N–H and O–H groups in total. The fourth-order valence-corrected chi connectivity index (χ4v) is 11.6. The van der Waals surface area contributed by atoms with E-state index in [2.05, 4.69) is 226 Å². The molecular formula is C63H52N4S. The van der Waals surface area contributed by atoms with Crippen molar-refractivity contribution in [2.45, 2.75) is 45.7 Å². The first-order valence-electron chi connectivity index (χ1n) is 24.0. The van der Waals surface area contributed by atoms with Crippen LogP contribution >= 0.6 is 11.3 Å². The Morgan fingerprint density at radius 2 is 1.35 bits per heavy atom. The van der Waals surface area contributed by atoms with Crippen molar-refractivity contribution in [1.29, 1.82) is 0 Å². The molecule has 0 spiro atoms. The predicted molar refractivity (Wildman–Crippen MR) is 289 cm³/mol. The molecule has 1 aliphatic heterocycles. The van der Waals surface area contributed by atoms with Crippen LogP contribution in [-0.4, -0.2) is 28.6 Å². The van der Waals surface area contributed by atoms with Crippen LogP contribution in [-0.2, 0) is 0 Å². The molecule has 0 radical (unpaired) electrons. The van der Waals surface area contributed by atoms with Crippen LogP contribution in [0.1, 0.15) is 68.1 Å². The van der Waals surface area contributed by atoms with Crippen molar-refractivity contribution in [3.63, 3.8) is 0 Å². The molecule has 0 amide bonds. The van der Waals surface area contributed by atoms with E-state index in [-0.39, 0.29) is 11.6 Å². The fraction of sp³-hybridized carbons (Fsp3) is 0.159. The summed E-state index contributed by atoms with van der Waals surface area (Å²) in [6.07, 6.45) is 22.5. The summed E-state index contributed by atoms with van der Waals surface area (Å²) in [7, 11) is 2.13. The molecule has 0 fully saturated rings. The van der Waals surface area contributed by atoms with E-state index in [9.17, 15) is 0 Å². The highest BCUT2D eigenvalue weighted by atomic mass is 32.1. The number of hydrogen-bond donors (Lipinski definition) is 0. The standard InChI is InChI=1S/C63H52N4S/c1-41-21-32-52(33-22-41)63(2)37-35-46(36-38-63)60-65-61(47-27-23-44(24-28-47)42-13-6-4-7-14-42)67(3)62(66-60)48-29-25-45(26-30-48)49-17-12-18-51(39-49)58-59-57(53-19-10-11-20-56(53)68-59)54-40-50(31-34-55(54)64-58)43-15-8-5-9-16-43/h4-11,13-16,18-21,23-37,39-41,61H,12,17,22,38H2,1-3H3. The van der Waals surface area contributed by atoms with Crippen molar-refractivity contribution >= 4 is 65.2 Å². The van der Waals surface area contributed by atoms with Crippen LogP contribution in [0.25, 0.3) is 64.5 Å². The molecule has 3 heterocycles. The summed E-state index contributed by atoms with van der Waals surface area (Å²) in [5.41, 5.74) is 15.2.